The summed E-state index contributed by atoms with van der Waals surface area (Å²) in [5.74, 6) is 0. The minimum absolute atomic E-state index is 0.159. The van der Waals surface area contributed by atoms with Crippen molar-refractivity contribution >= 4 is 17.8 Å². The Hall–Kier alpha value is -0.520. The van der Waals surface area contributed by atoms with E-state index in [4.69, 9.17) is 23.2 Å². The largest absolute Gasteiger partial charge is 0.381 e. The lowest BCUT2D eigenvalue weighted by Crippen LogP contribution is -2.45. The molecule has 4 N–H and O–H groups in total. The van der Waals surface area contributed by atoms with E-state index in [1.54, 1.807) is 0 Å². The van der Waals surface area contributed by atoms with Crippen LogP contribution in [0.5, 0.6) is 0 Å². The van der Waals surface area contributed by atoms with Crippen molar-refractivity contribution in [3.05, 3.63) is 0 Å². The van der Waals surface area contributed by atoms with Crippen molar-refractivity contribution < 1.29 is 9.53 Å². The van der Waals surface area contributed by atoms with Gasteiger partial charge in [-0.15, -0.1) is 0 Å². The predicted molar refractivity (Wildman–Crippen MR) is 37.1 cm³/mol. The Morgan fingerprint density at radius 2 is 2.40 bits per heavy atom. The smallest absolute Gasteiger partial charge is 0.330 e. The zero-order chi connectivity index (χ0) is 8.15. The van der Waals surface area contributed by atoms with E-state index in [0.29, 0.717) is 4.42 Å². The zero-order valence-electron chi connectivity index (χ0n) is 5.58. The third-order valence-corrected chi connectivity index (χ3v) is 1.26. The third-order valence-electron chi connectivity index (χ3n) is 0.839. The SMILES string of the molecule is COCC(N)N(Cl)C(N)=O. The van der Waals surface area contributed by atoms with Crippen LogP contribution in [0.1, 0.15) is 0 Å². The van der Waals surface area contributed by atoms with Gasteiger partial charge < -0.3 is 16.2 Å². The summed E-state index contributed by atoms with van der Waals surface area (Å²) in [4.78, 5) is 10.3. The molecule has 0 saturated heterocycles. The summed E-state index contributed by atoms with van der Waals surface area (Å²) < 4.78 is 5.30. The lowest BCUT2D eigenvalue weighted by molar-refractivity contribution is 0.142. The van der Waals surface area contributed by atoms with Gasteiger partial charge in [-0.25, -0.2) is 9.21 Å². The predicted octanol–water partition coefficient (Wildman–Crippen LogP) is -0.548. The highest BCUT2D eigenvalue weighted by atomic mass is 35.5. The average molecular weight is 168 g/mol. The number of urea groups is 1. The van der Waals surface area contributed by atoms with Crippen LogP contribution in [-0.4, -0.2) is 30.3 Å². The number of hydrogen-bond donors (Lipinski definition) is 2. The Bertz CT molecular complexity index is 121. The van der Waals surface area contributed by atoms with Gasteiger partial charge in [0, 0.05) is 18.9 Å². The van der Waals surface area contributed by atoms with Crippen molar-refractivity contribution in [2.45, 2.75) is 6.17 Å². The summed E-state index contributed by atoms with van der Waals surface area (Å²) in [6.07, 6.45) is -0.691. The fourth-order valence-corrected chi connectivity index (χ4v) is 0.456. The molecule has 0 heterocycles. The summed E-state index contributed by atoms with van der Waals surface area (Å²) >= 11 is 5.30. The molecule has 0 saturated carbocycles. The van der Waals surface area contributed by atoms with Crippen LogP contribution >= 0.6 is 11.8 Å². The molecule has 5 nitrogen and oxygen atoms in total. The van der Waals surface area contributed by atoms with Crippen LogP contribution in [0.4, 0.5) is 4.79 Å². The van der Waals surface area contributed by atoms with E-state index in [1.165, 1.54) is 7.11 Å². The summed E-state index contributed by atoms with van der Waals surface area (Å²) in [5, 5.41) is 0. The second-order valence-corrected chi connectivity index (χ2v) is 2.04. The van der Waals surface area contributed by atoms with Gasteiger partial charge in [0.1, 0.15) is 6.17 Å². The summed E-state index contributed by atoms with van der Waals surface area (Å²) in [6, 6.07) is -0.786. The zero-order valence-corrected chi connectivity index (χ0v) is 6.34. The van der Waals surface area contributed by atoms with Crippen LogP contribution in [0.15, 0.2) is 0 Å². The summed E-state index contributed by atoms with van der Waals surface area (Å²) in [7, 11) is 1.45. The minimum atomic E-state index is -0.786. The van der Waals surface area contributed by atoms with E-state index in [1.807, 2.05) is 0 Å². The fourth-order valence-electron chi connectivity index (χ4n) is 0.400. The second-order valence-electron chi connectivity index (χ2n) is 1.67. The Balaban J connectivity index is 3.69. The summed E-state index contributed by atoms with van der Waals surface area (Å²) in [5.41, 5.74) is 10.1. The number of rotatable bonds is 3. The molecule has 0 aromatic heterocycles. The van der Waals surface area contributed by atoms with E-state index in [9.17, 15) is 4.79 Å². The molecule has 0 fully saturated rings. The molecule has 1 unspecified atom stereocenters. The molecule has 0 spiro atoms. The maximum absolute atomic E-state index is 10.3. The van der Waals surface area contributed by atoms with Crippen molar-refractivity contribution in [1.82, 2.24) is 4.42 Å². The number of ether oxygens (including phenoxy) is 1. The number of halogens is 1. The van der Waals surface area contributed by atoms with E-state index in [-0.39, 0.29) is 6.61 Å². The van der Waals surface area contributed by atoms with Crippen LogP contribution in [0.25, 0.3) is 0 Å². The maximum atomic E-state index is 10.3. The Kier molecular flexibility index (Phi) is 4.10. The highest BCUT2D eigenvalue weighted by molar-refractivity contribution is 6.20. The van der Waals surface area contributed by atoms with Gasteiger partial charge in [-0.1, -0.05) is 0 Å². The molecule has 0 rings (SSSR count). The number of primary amides is 1. The molecule has 0 aliphatic rings. The minimum Gasteiger partial charge on any atom is -0.381 e. The van der Waals surface area contributed by atoms with Crippen molar-refractivity contribution in [2.24, 2.45) is 11.5 Å². The molecule has 1 atom stereocenters. The topological polar surface area (TPSA) is 81.6 Å². The van der Waals surface area contributed by atoms with E-state index in [0.717, 1.165) is 0 Å². The normalized spacial score (nSPS) is 12.7. The monoisotopic (exact) mass is 167 g/mol. The molecule has 10 heavy (non-hydrogen) atoms. The Morgan fingerprint density at radius 1 is 1.90 bits per heavy atom. The van der Waals surface area contributed by atoms with Crippen LogP contribution < -0.4 is 11.5 Å². The first-order chi connectivity index (χ1) is 4.59. The van der Waals surface area contributed by atoms with Crippen LogP contribution in [0.3, 0.4) is 0 Å². The van der Waals surface area contributed by atoms with Gasteiger partial charge in [0.2, 0.25) is 0 Å². The van der Waals surface area contributed by atoms with E-state index in [2.05, 4.69) is 4.74 Å². The molecule has 0 aliphatic carbocycles. The van der Waals surface area contributed by atoms with Crippen molar-refractivity contribution in [2.75, 3.05) is 13.7 Å². The number of methoxy groups -OCH3 is 1. The lowest BCUT2D eigenvalue weighted by atomic mass is 10.5. The van der Waals surface area contributed by atoms with Gasteiger partial charge >= 0.3 is 6.03 Å². The number of carbonyl (C=O) groups excluding carboxylic acids is 1. The quantitative estimate of drug-likeness (QED) is 0.437. The van der Waals surface area contributed by atoms with Gasteiger partial charge in [-0.05, 0) is 0 Å². The second kappa shape index (κ2) is 4.32. The summed E-state index contributed by atoms with van der Waals surface area (Å²) in [6.45, 7) is 0.159. The van der Waals surface area contributed by atoms with Gasteiger partial charge in [0.15, 0.2) is 0 Å². The molecule has 0 bridgehead atoms. The highest BCUT2D eigenvalue weighted by Crippen LogP contribution is 1.96. The first-order valence-corrected chi connectivity index (χ1v) is 2.92. The average Bonchev–Trinajstić information content (AvgIpc) is 1.87. The van der Waals surface area contributed by atoms with Crippen LogP contribution in [0, 0.1) is 0 Å². The molecule has 2 amide bonds. The third kappa shape index (κ3) is 2.86. The molecule has 0 aromatic rings. The molecule has 0 radical (unpaired) electrons. The van der Waals surface area contributed by atoms with E-state index >= 15 is 0 Å². The van der Waals surface area contributed by atoms with E-state index < -0.39 is 12.2 Å². The fraction of sp³-hybridized carbons (Fsp3) is 0.750. The van der Waals surface area contributed by atoms with Crippen molar-refractivity contribution in [3.8, 4) is 0 Å². The number of nitrogens with zero attached hydrogens (tertiary/aromatic N) is 1. The molecule has 0 aromatic carbocycles. The first-order valence-electron chi connectivity index (χ1n) is 2.58. The van der Waals surface area contributed by atoms with Gasteiger partial charge in [-0.2, -0.15) is 0 Å². The highest BCUT2D eigenvalue weighted by Gasteiger charge is 2.14. The standard InChI is InChI=1S/C4H10ClN3O2/c1-10-2-3(6)8(5)4(7)9/h3H,2,6H2,1H3,(H2,7,9). The Labute approximate surface area is 64.0 Å². The number of hydrogen-bond acceptors (Lipinski definition) is 3. The molecule has 6 heteroatoms. The van der Waals surface area contributed by atoms with Gasteiger partial charge in [-0.3, -0.25) is 0 Å². The number of amides is 2. The first kappa shape index (κ1) is 9.48. The van der Waals surface area contributed by atoms with Crippen LogP contribution in [0.2, 0.25) is 0 Å². The molecule has 60 valence electrons. The maximum Gasteiger partial charge on any atom is 0.330 e. The van der Waals surface area contributed by atoms with Gasteiger partial charge in [0.05, 0.1) is 6.61 Å². The lowest BCUT2D eigenvalue weighted by Gasteiger charge is -2.17. The number of carbonyl (C=O) groups is 1. The Morgan fingerprint density at radius 3 is 2.70 bits per heavy atom. The van der Waals surface area contributed by atoms with Gasteiger partial charge in [0.25, 0.3) is 0 Å². The van der Waals surface area contributed by atoms with Crippen molar-refractivity contribution in [3.63, 3.8) is 0 Å². The number of nitrogens with two attached hydrogens (primary N) is 2. The molecule has 0 aliphatic heterocycles. The van der Waals surface area contributed by atoms with Crippen molar-refractivity contribution in [1.29, 1.82) is 0 Å². The molecular weight excluding hydrogens is 158 g/mol. The molecular formula is C4H10ClN3O2. The van der Waals surface area contributed by atoms with Crippen LogP contribution in [-0.2, 0) is 4.74 Å².